The van der Waals surface area contributed by atoms with Crippen LogP contribution in [0.2, 0.25) is 0 Å². The fraction of sp³-hybridized carbons (Fsp3) is 0.467. The fourth-order valence-electron chi connectivity index (χ4n) is 2.21. The summed E-state index contributed by atoms with van der Waals surface area (Å²) in [7, 11) is 0. The zero-order valence-electron chi connectivity index (χ0n) is 11.6. The van der Waals surface area contributed by atoms with Gasteiger partial charge in [-0.2, -0.15) is 0 Å². The molecule has 0 unspecified atom stereocenters. The number of Topliss-reactive ketones (excluding diaryl/α,β-unsaturated/α-hetero) is 1. The Labute approximate surface area is 113 Å². The van der Waals surface area contributed by atoms with E-state index in [4.69, 9.17) is 4.74 Å². The Hall–Kier alpha value is -1.68. The van der Waals surface area contributed by atoms with E-state index >= 15 is 0 Å². The summed E-state index contributed by atoms with van der Waals surface area (Å²) < 4.78 is 7.31. The Morgan fingerprint density at radius 1 is 1.32 bits per heavy atom. The molecule has 102 valence electrons. The number of rotatable bonds is 7. The van der Waals surface area contributed by atoms with Crippen LogP contribution >= 0.6 is 0 Å². The second-order valence-corrected chi connectivity index (χ2v) is 4.42. The molecule has 1 aromatic carbocycles. The van der Waals surface area contributed by atoms with Crippen molar-refractivity contribution < 1.29 is 9.53 Å². The molecule has 0 aliphatic rings. The van der Waals surface area contributed by atoms with Crippen molar-refractivity contribution in [3.8, 4) is 0 Å². The van der Waals surface area contributed by atoms with E-state index in [1.54, 1.807) is 0 Å². The second kappa shape index (κ2) is 6.48. The van der Waals surface area contributed by atoms with Crippen LogP contribution in [0.3, 0.4) is 0 Å². The molecule has 0 spiro atoms. The van der Waals surface area contributed by atoms with Gasteiger partial charge in [0.25, 0.3) is 0 Å². The average Bonchev–Trinajstić information content (AvgIpc) is 2.76. The predicted octanol–water partition coefficient (Wildman–Crippen LogP) is 2.59. The highest BCUT2D eigenvalue weighted by Crippen LogP contribution is 2.16. The van der Waals surface area contributed by atoms with Crippen molar-refractivity contribution in [2.45, 2.75) is 33.2 Å². The van der Waals surface area contributed by atoms with Gasteiger partial charge < -0.3 is 9.30 Å². The van der Waals surface area contributed by atoms with Gasteiger partial charge in [-0.15, -0.1) is 0 Å². The summed E-state index contributed by atoms with van der Waals surface area (Å²) in [6, 6.07) is 7.99. The largest absolute Gasteiger partial charge is 0.381 e. The second-order valence-electron chi connectivity index (χ2n) is 4.42. The van der Waals surface area contributed by atoms with Gasteiger partial charge in [0.1, 0.15) is 11.6 Å². The van der Waals surface area contributed by atoms with Crippen LogP contribution in [-0.4, -0.2) is 28.5 Å². The van der Waals surface area contributed by atoms with Crippen LogP contribution < -0.4 is 0 Å². The van der Waals surface area contributed by atoms with Crippen LogP contribution in [0, 0.1) is 0 Å². The molecule has 0 N–H and O–H groups in total. The molecule has 0 saturated heterocycles. The Kier molecular flexibility index (Phi) is 4.68. The van der Waals surface area contributed by atoms with Gasteiger partial charge >= 0.3 is 0 Å². The van der Waals surface area contributed by atoms with Crippen molar-refractivity contribution >= 4 is 16.8 Å². The number of ether oxygens (including phenoxy) is 1. The average molecular weight is 260 g/mol. The third-order valence-corrected chi connectivity index (χ3v) is 3.13. The first kappa shape index (κ1) is 13.7. The summed E-state index contributed by atoms with van der Waals surface area (Å²) in [5.41, 5.74) is 2.05. The van der Waals surface area contributed by atoms with Crippen LogP contribution in [0.5, 0.6) is 0 Å². The van der Waals surface area contributed by atoms with Gasteiger partial charge in [0.15, 0.2) is 0 Å². The molecule has 0 aliphatic carbocycles. The normalized spacial score (nSPS) is 11.1. The highest BCUT2D eigenvalue weighted by Gasteiger charge is 2.12. The number of fused-ring (bicyclic) bond motifs is 1. The third-order valence-electron chi connectivity index (χ3n) is 3.13. The van der Waals surface area contributed by atoms with Gasteiger partial charge in [0.05, 0.1) is 24.1 Å². The van der Waals surface area contributed by atoms with E-state index in [0.717, 1.165) is 23.4 Å². The van der Waals surface area contributed by atoms with Crippen molar-refractivity contribution in [2.75, 3.05) is 13.2 Å². The zero-order chi connectivity index (χ0) is 13.7. The monoisotopic (exact) mass is 260 g/mol. The maximum Gasteiger partial charge on any atom is 0.142 e. The van der Waals surface area contributed by atoms with E-state index in [1.807, 2.05) is 31.2 Å². The molecule has 0 bridgehead atoms. The fourth-order valence-corrected chi connectivity index (χ4v) is 2.21. The van der Waals surface area contributed by atoms with Gasteiger partial charge in [0.2, 0.25) is 0 Å². The minimum absolute atomic E-state index is 0.179. The molecule has 0 amide bonds. The van der Waals surface area contributed by atoms with E-state index in [-0.39, 0.29) is 5.78 Å². The molecule has 19 heavy (non-hydrogen) atoms. The van der Waals surface area contributed by atoms with E-state index in [9.17, 15) is 4.79 Å². The smallest absolute Gasteiger partial charge is 0.142 e. The Balaban J connectivity index is 2.13. The van der Waals surface area contributed by atoms with Gasteiger partial charge in [-0.05, 0) is 26.0 Å². The maximum atomic E-state index is 11.9. The molecule has 4 nitrogen and oxygen atoms in total. The standard InChI is InChI=1S/C15H20N2O2/c1-3-17-14-8-6-5-7-13(14)16-15(17)11-12(18)9-10-19-4-2/h5-8H,3-4,9-11H2,1-2H3. The Morgan fingerprint density at radius 3 is 2.84 bits per heavy atom. The van der Waals surface area contributed by atoms with Crippen molar-refractivity contribution in [3.05, 3.63) is 30.1 Å². The summed E-state index contributed by atoms with van der Waals surface area (Å²) in [5, 5.41) is 0. The van der Waals surface area contributed by atoms with Crippen LogP contribution in [0.15, 0.2) is 24.3 Å². The molecule has 2 aromatic rings. The number of hydrogen-bond donors (Lipinski definition) is 0. The minimum atomic E-state index is 0.179. The van der Waals surface area contributed by atoms with E-state index < -0.39 is 0 Å². The highest BCUT2D eigenvalue weighted by molar-refractivity contribution is 5.82. The molecule has 2 rings (SSSR count). The summed E-state index contributed by atoms with van der Waals surface area (Å²) in [6.45, 7) is 5.99. The lowest BCUT2D eigenvalue weighted by atomic mass is 10.2. The van der Waals surface area contributed by atoms with Gasteiger partial charge in [-0.3, -0.25) is 4.79 Å². The molecular weight excluding hydrogens is 240 g/mol. The number of aromatic nitrogens is 2. The molecule has 0 atom stereocenters. The molecule has 0 fully saturated rings. The lowest BCUT2D eigenvalue weighted by molar-refractivity contribution is -0.119. The van der Waals surface area contributed by atoms with Crippen LogP contribution in [-0.2, 0) is 22.5 Å². The van der Waals surface area contributed by atoms with Crippen LogP contribution in [0.25, 0.3) is 11.0 Å². The number of benzene rings is 1. The topological polar surface area (TPSA) is 44.1 Å². The molecule has 4 heteroatoms. The molecule has 0 aliphatic heterocycles. The summed E-state index contributed by atoms with van der Waals surface area (Å²) in [6.07, 6.45) is 0.844. The quantitative estimate of drug-likeness (QED) is 0.719. The SMILES string of the molecule is CCOCCC(=O)Cc1nc2ccccc2n1CC. The summed E-state index contributed by atoms with van der Waals surface area (Å²) in [5.74, 6) is 1.03. The van der Waals surface area contributed by atoms with Crippen molar-refractivity contribution in [1.29, 1.82) is 0 Å². The number of ketones is 1. The number of aryl methyl sites for hydroxylation is 1. The number of nitrogens with zero attached hydrogens (tertiary/aromatic N) is 2. The predicted molar refractivity (Wildman–Crippen MR) is 75.2 cm³/mol. The molecule has 0 radical (unpaired) electrons. The highest BCUT2D eigenvalue weighted by atomic mass is 16.5. The minimum Gasteiger partial charge on any atom is -0.381 e. The van der Waals surface area contributed by atoms with Gasteiger partial charge in [-0.25, -0.2) is 4.98 Å². The molecule has 1 aromatic heterocycles. The molecular formula is C15H20N2O2. The zero-order valence-corrected chi connectivity index (χ0v) is 11.6. The van der Waals surface area contributed by atoms with Crippen LogP contribution in [0.4, 0.5) is 0 Å². The number of imidazole rings is 1. The van der Waals surface area contributed by atoms with E-state index in [2.05, 4.69) is 16.5 Å². The van der Waals surface area contributed by atoms with E-state index in [0.29, 0.717) is 26.1 Å². The van der Waals surface area contributed by atoms with Crippen molar-refractivity contribution in [3.63, 3.8) is 0 Å². The first-order valence-corrected chi connectivity index (χ1v) is 6.79. The lowest BCUT2D eigenvalue weighted by Crippen LogP contribution is -2.11. The number of para-hydroxylation sites is 2. The Bertz CT molecular complexity index is 560. The first-order valence-electron chi connectivity index (χ1n) is 6.79. The van der Waals surface area contributed by atoms with Gasteiger partial charge in [-0.1, -0.05) is 12.1 Å². The number of carbonyl (C=O) groups excluding carboxylic acids is 1. The van der Waals surface area contributed by atoms with E-state index in [1.165, 1.54) is 0 Å². The molecule has 1 heterocycles. The Morgan fingerprint density at radius 2 is 2.11 bits per heavy atom. The number of hydrogen-bond acceptors (Lipinski definition) is 3. The van der Waals surface area contributed by atoms with Crippen molar-refractivity contribution in [2.24, 2.45) is 0 Å². The van der Waals surface area contributed by atoms with Crippen molar-refractivity contribution in [1.82, 2.24) is 9.55 Å². The van der Waals surface area contributed by atoms with Gasteiger partial charge in [0, 0.05) is 19.6 Å². The maximum absolute atomic E-state index is 11.9. The van der Waals surface area contributed by atoms with Crippen LogP contribution in [0.1, 0.15) is 26.1 Å². The third kappa shape index (κ3) is 3.20. The first-order chi connectivity index (χ1) is 9.26. The summed E-state index contributed by atoms with van der Waals surface area (Å²) >= 11 is 0. The summed E-state index contributed by atoms with van der Waals surface area (Å²) in [4.78, 5) is 16.5. The number of carbonyl (C=O) groups is 1. The lowest BCUT2D eigenvalue weighted by Gasteiger charge is -2.05. The molecule has 0 saturated carbocycles.